The highest BCUT2D eigenvalue weighted by atomic mass is 32.2. The fourth-order valence-electron chi connectivity index (χ4n) is 2.37. The minimum absolute atomic E-state index is 0.0659. The second kappa shape index (κ2) is 6.31. The molecular weight excluding hydrogens is 284 g/mol. The molecular formula is C17H20O3S. The van der Waals surface area contributed by atoms with Crippen LogP contribution in [0.4, 0.5) is 0 Å². The summed E-state index contributed by atoms with van der Waals surface area (Å²) in [5.74, 6) is 0.674. The first-order valence-corrected chi connectivity index (χ1v) is 8.51. The van der Waals surface area contributed by atoms with Crippen molar-refractivity contribution in [2.75, 3.05) is 12.9 Å². The zero-order chi connectivity index (χ0) is 15.5. The average Bonchev–Trinajstić information content (AvgIpc) is 2.47. The third-order valence-electron chi connectivity index (χ3n) is 3.49. The Bertz CT molecular complexity index is 706. The largest absolute Gasteiger partial charge is 0.496 e. The molecule has 3 nitrogen and oxygen atoms in total. The van der Waals surface area contributed by atoms with E-state index in [0.717, 1.165) is 16.9 Å². The predicted molar refractivity (Wildman–Crippen MR) is 84.6 cm³/mol. The van der Waals surface area contributed by atoms with Crippen LogP contribution < -0.4 is 4.74 Å². The van der Waals surface area contributed by atoms with Gasteiger partial charge in [0.2, 0.25) is 0 Å². The SMILES string of the molecule is COc1cc(C)ccc1[C@@H](C)CS(=O)(=O)c1ccccc1. The molecule has 0 aliphatic carbocycles. The zero-order valence-electron chi connectivity index (χ0n) is 12.5. The summed E-state index contributed by atoms with van der Waals surface area (Å²) < 4.78 is 30.3. The average molecular weight is 304 g/mol. The lowest BCUT2D eigenvalue weighted by Gasteiger charge is -2.16. The minimum Gasteiger partial charge on any atom is -0.496 e. The van der Waals surface area contributed by atoms with Crippen molar-refractivity contribution in [3.63, 3.8) is 0 Å². The van der Waals surface area contributed by atoms with Crippen LogP contribution in [0.2, 0.25) is 0 Å². The first-order chi connectivity index (χ1) is 9.94. The lowest BCUT2D eigenvalue weighted by molar-refractivity contribution is 0.407. The van der Waals surface area contributed by atoms with Crippen molar-refractivity contribution in [2.45, 2.75) is 24.7 Å². The maximum atomic E-state index is 12.4. The quantitative estimate of drug-likeness (QED) is 0.848. The van der Waals surface area contributed by atoms with Crippen molar-refractivity contribution < 1.29 is 13.2 Å². The van der Waals surface area contributed by atoms with Gasteiger partial charge in [0.05, 0.1) is 17.8 Å². The Balaban J connectivity index is 2.28. The smallest absolute Gasteiger partial charge is 0.178 e. The van der Waals surface area contributed by atoms with Gasteiger partial charge in [0.25, 0.3) is 0 Å². The minimum atomic E-state index is -3.30. The van der Waals surface area contributed by atoms with E-state index in [0.29, 0.717) is 4.90 Å². The Morgan fingerprint density at radius 3 is 2.38 bits per heavy atom. The van der Waals surface area contributed by atoms with E-state index in [1.54, 1.807) is 31.4 Å². The standard InChI is InChI=1S/C17H20O3S/c1-13-9-10-16(17(11-13)20-3)14(2)12-21(18,19)15-7-5-4-6-8-15/h4-11,14H,12H2,1-3H3/t14-/m0/s1. The summed E-state index contributed by atoms with van der Waals surface area (Å²) in [5.41, 5.74) is 2.01. The molecule has 0 radical (unpaired) electrons. The van der Waals surface area contributed by atoms with Crippen LogP contribution in [0, 0.1) is 6.92 Å². The summed E-state index contributed by atoms with van der Waals surface area (Å²) in [6, 6.07) is 14.4. The van der Waals surface area contributed by atoms with Crippen molar-refractivity contribution in [3.05, 3.63) is 59.7 Å². The Hall–Kier alpha value is -1.81. The summed E-state index contributed by atoms with van der Waals surface area (Å²) in [4.78, 5) is 0.364. The van der Waals surface area contributed by atoms with E-state index in [-0.39, 0.29) is 11.7 Å². The summed E-state index contributed by atoms with van der Waals surface area (Å²) in [6.45, 7) is 3.89. The summed E-state index contributed by atoms with van der Waals surface area (Å²) in [6.07, 6.45) is 0. The number of ether oxygens (including phenoxy) is 1. The number of hydrogen-bond donors (Lipinski definition) is 0. The van der Waals surface area contributed by atoms with Gasteiger partial charge >= 0.3 is 0 Å². The lowest BCUT2D eigenvalue weighted by Crippen LogP contribution is -2.13. The molecule has 2 aromatic rings. The van der Waals surface area contributed by atoms with E-state index >= 15 is 0 Å². The molecule has 0 aliphatic rings. The van der Waals surface area contributed by atoms with Crippen LogP contribution >= 0.6 is 0 Å². The third kappa shape index (κ3) is 3.64. The van der Waals surface area contributed by atoms with Gasteiger partial charge in [-0.1, -0.05) is 37.3 Å². The molecule has 1 atom stereocenters. The molecule has 0 unspecified atom stereocenters. The van der Waals surface area contributed by atoms with E-state index in [4.69, 9.17) is 4.74 Å². The monoisotopic (exact) mass is 304 g/mol. The summed E-state index contributed by atoms with van der Waals surface area (Å²) in [5, 5.41) is 0. The molecule has 0 fully saturated rings. The number of methoxy groups -OCH3 is 1. The molecule has 0 bridgehead atoms. The molecule has 0 saturated heterocycles. The van der Waals surface area contributed by atoms with Gasteiger partial charge in [-0.2, -0.15) is 0 Å². The fraction of sp³-hybridized carbons (Fsp3) is 0.294. The number of hydrogen-bond acceptors (Lipinski definition) is 3. The maximum Gasteiger partial charge on any atom is 0.178 e. The highest BCUT2D eigenvalue weighted by Gasteiger charge is 2.21. The van der Waals surface area contributed by atoms with Crippen LogP contribution in [0.3, 0.4) is 0 Å². The Kier molecular flexibility index (Phi) is 4.68. The van der Waals surface area contributed by atoms with Crippen molar-refractivity contribution in [1.82, 2.24) is 0 Å². The fourth-order valence-corrected chi connectivity index (χ4v) is 3.97. The van der Waals surface area contributed by atoms with E-state index in [1.807, 2.05) is 38.1 Å². The maximum absolute atomic E-state index is 12.4. The highest BCUT2D eigenvalue weighted by molar-refractivity contribution is 7.91. The second-order valence-electron chi connectivity index (χ2n) is 5.24. The molecule has 0 N–H and O–H groups in total. The molecule has 0 aliphatic heterocycles. The van der Waals surface area contributed by atoms with Crippen LogP contribution in [0.15, 0.2) is 53.4 Å². The van der Waals surface area contributed by atoms with E-state index in [1.165, 1.54) is 0 Å². The molecule has 2 rings (SSSR count). The topological polar surface area (TPSA) is 43.4 Å². The molecule has 0 amide bonds. The zero-order valence-corrected chi connectivity index (χ0v) is 13.4. The summed E-state index contributed by atoms with van der Waals surface area (Å²) in [7, 11) is -1.69. The third-order valence-corrected chi connectivity index (χ3v) is 5.42. The second-order valence-corrected chi connectivity index (χ2v) is 7.28. The summed E-state index contributed by atoms with van der Waals surface area (Å²) >= 11 is 0. The van der Waals surface area contributed by atoms with Gasteiger partial charge in [-0.25, -0.2) is 8.42 Å². The van der Waals surface area contributed by atoms with Gasteiger partial charge in [-0.15, -0.1) is 0 Å². The van der Waals surface area contributed by atoms with Crippen molar-refractivity contribution in [2.24, 2.45) is 0 Å². The Morgan fingerprint density at radius 2 is 1.76 bits per heavy atom. The molecule has 0 saturated carbocycles. The first kappa shape index (κ1) is 15.6. The highest BCUT2D eigenvalue weighted by Crippen LogP contribution is 2.29. The van der Waals surface area contributed by atoms with Crippen LogP contribution in [0.25, 0.3) is 0 Å². The molecule has 0 aromatic heterocycles. The van der Waals surface area contributed by atoms with E-state index in [9.17, 15) is 8.42 Å². The Morgan fingerprint density at radius 1 is 1.10 bits per heavy atom. The lowest BCUT2D eigenvalue weighted by atomic mass is 10.0. The van der Waals surface area contributed by atoms with Gasteiger partial charge in [0.15, 0.2) is 9.84 Å². The van der Waals surface area contributed by atoms with Crippen molar-refractivity contribution in [3.8, 4) is 5.75 Å². The molecule has 0 heterocycles. The van der Waals surface area contributed by atoms with Crippen molar-refractivity contribution >= 4 is 9.84 Å². The van der Waals surface area contributed by atoms with Crippen molar-refractivity contribution in [1.29, 1.82) is 0 Å². The first-order valence-electron chi connectivity index (χ1n) is 6.86. The molecule has 0 spiro atoms. The van der Waals surface area contributed by atoms with Crippen LogP contribution in [0.1, 0.15) is 24.0 Å². The van der Waals surface area contributed by atoms with Gasteiger partial charge < -0.3 is 4.74 Å². The predicted octanol–water partition coefficient (Wildman–Crippen LogP) is 3.58. The molecule has 112 valence electrons. The molecule has 4 heteroatoms. The van der Waals surface area contributed by atoms with E-state index < -0.39 is 9.84 Å². The van der Waals surface area contributed by atoms with Gasteiger partial charge in [0.1, 0.15) is 5.75 Å². The van der Waals surface area contributed by atoms with Gasteiger partial charge in [-0.05, 0) is 42.2 Å². The number of sulfone groups is 1. The molecule has 21 heavy (non-hydrogen) atoms. The van der Waals surface area contributed by atoms with Crippen LogP contribution in [-0.2, 0) is 9.84 Å². The Labute approximate surface area is 126 Å². The van der Waals surface area contributed by atoms with E-state index in [2.05, 4.69) is 0 Å². The van der Waals surface area contributed by atoms with Gasteiger partial charge in [0, 0.05) is 0 Å². The normalized spacial score (nSPS) is 12.9. The number of aryl methyl sites for hydroxylation is 1. The number of rotatable bonds is 5. The molecule has 2 aromatic carbocycles. The van der Waals surface area contributed by atoms with Crippen LogP contribution in [-0.4, -0.2) is 21.3 Å². The van der Waals surface area contributed by atoms with Crippen LogP contribution in [0.5, 0.6) is 5.75 Å². The number of benzene rings is 2. The van der Waals surface area contributed by atoms with Gasteiger partial charge in [-0.3, -0.25) is 0 Å².